The zero-order valence-corrected chi connectivity index (χ0v) is 14.0. The van der Waals surface area contributed by atoms with Crippen LogP contribution in [0.3, 0.4) is 0 Å². The second-order valence-electron chi connectivity index (χ2n) is 4.88. The molecule has 3 nitrogen and oxygen atoms in total. The van der Waals surface area contributed by atoms with Crippen molar-refractivity contribution in [2.45, 2.75) is 29.7 Å². The fourth-order valence-corrected chi connectivity index (χ4v) is 4.00. The van der Waals surface area contributed by atoms with Crippen LogP contribution in [0.5, 0.6) is 0 Å². The SMILES string of the molecule is CSc1ccc(C(C)NS(=O)(=O)c2ccccc2C)cc1. The predicted molar refractivity (Wildman–Crippen MR) is 88.1 cm³/mol. The fraction of sp³-hybridized carbons (Fsp3) is 0.250. The average Bonchev–Trinajstić information content (AvgIpc) is 2.47. The van der Waals surface area contributed by atoms with Gasteiger partial charge in [-0.1, -0.05) is 30.3 Å². The Morgan fingerprint density at radius 2 is 1.67 bits per heavy atom. The smallest absolute Gasteiger partial charge is 0.207 e. The molecule has 0 heterocycles. The van der Waals surface area contributed by atoms with Gasteiger partial charge >= 0.3 is 0 Å². The first-order valence-electron chi connectivity index (χ1n) is 6.66. The molecule has 112 valence electrons. The molecule has 5 heteroatoms. The summed E-state index contributed by atoms with van der Waals surface area (Å²) in [5.74, 6) is 0. The van der Waals surface area contributed by atoms with Crippen molar-refractivity contribution in [3.8, 4) is 0 Å². The number of hydrogen-bond acceptors (Lipinski definition) is 3. The second-order valence-corrected chi connectivity index (χ2v) is 7.44. The van der Waals surface area contributed by atoms with Crippen molar-refractivity contribution < 1.29 is 8.42 Å². The molecule has 0 bridgehead atoms. The molecule has 0 aliphatic heterocycles. The van der Waals surface area contributed by atoms with Crippen LogP contribution in [0.2, 0.25) is 0 Å². The maximum atomic E-state index is 12.4. The summed E-state index contributed by atoms with van der Waals surface area (Å²) in [6.45, 7) is 3.65. The molecule has 0 aliphatic carbocycles. The Hall–Kier alpha value is -1.30. The molecular weight excluding hydrogens is 302 g/mol. The van der Waals surface area contributed by atoms with Crippen molar-refractivity contribution in [1.29, 1.82) is 0 Å². The van der Waals surface area contributed by atoms with E-state index in [1.165, 1.54) is 0 Å². The van der Waals surface area contributed by atoms with Crippen LogP contribution in [-0.2, 0) is 10.0 Å². The highest BCUT2D eigenvalue weighted by molar-refractivity contribution is 7.98. The third kappa shape index (κ3) is 3.87. The van der Waals surface area contributed by atoms with Gasteiger partial charge in [0.25, 0.3) is 0 Å². The minimum atomic E-state index is -3.51. The van der Waals surface area contributed by atoms with Crippen LogP contribution in [0.15, 0.2) is 58.3 Å². The third-order valence-electron chi connectivity index (χ3n) is 3.33. The number of benzene rings is 2. The third-order valence-corrected chi connectivity index (χ3v) is 5.78. The number of rotatable bonds is 5. The maximum Gasteiger partial charge on any atom is 0.241 e. The highest BCUT2D eigenvalue weighted by atomic mass is 32.2. The van der Waals surface area contributed by atoms with E-state index in [2.05, 4.69) is 4.72 Å². The molecule has 2 aromatic rings. The molecule has 0 aliphatic rings. The van der Waals surface area contributed by atoms with Crippen LogP contribution >= 0.6 is 11.8 Å². The molecule has 0 saturated heterocycles. The summed E-state index contributed by atoms with van der Waals surface area (Å²) in [6, 6.07) is 14.6. The van der Waals surface area contributed by atoms with E-state index in [9.17, 15) is 8.42 Å². The monoisotopic (exact) mass is 321 g/mol. The molecule has 2 aromatic carbocycles. The lowest BCUT2D eigenvalue weighted by atomic mass is 10.1. The highest BCUT2D eigenvalue weighted by Gasteiger charge is 2.19. The lowest BCUT2D eigenvalue weighted by Gasteiger charge is -2.16. The Kier molecular flexibility index (Phi) is 5.08. The van der Waals surface area contributed by atoms with Gasteiger partial charge in [-0.2, -0.15) is 0 Å². The van der Waals surface area contributed by atoms with Crippen molar-refractivity contribution in [3.63, 3.8) is 0 Å². The summed E-state index contributed by atoms with van der Waals surface area (Å²) < 4.78 is 27.6. The van der Waals surface area contributed by atoms with Gasteiger partial charge in [-0.3, -0.25) is 0 Å². The van der Waals surface area contributed by atoms with Gasteiger partial charge < -0.3 is 0 Å². The van der Waals surface area contributed by atoms with Gasteiger partial charge in [0.15, 0.2) is 0 Å². The first kappa shape index (κ1) is 16.1. The summed E-state index contributed by atoms with van der Waals surface area (Å²) in [4.78, 5) is 1.49. The van der Waals surface area contributed by atoms with E-state index in [4.69, 9.17) is 0 Å². The Morgan fingerprint density at radius 3 is 2.24 bits per heavy atom. The Balaban J connectivity index is 2.21. The summed E-state index contributed by atoms with van der Waals surface area (Å²) >= 11 is 1.66. The average molecular weight is 321 g/mol. The lowest BCUT2D eigenvalue weighted by molar-refractivity contribution is 0.566. The minimum absolute atomic E-state index is 0.273. The molecule has 0 saturated carbocycles. The summed E-state index contributed by atoms with van der Waals surface area (Å²) in [6.07, 6.45) is 2.01. The number of aryl methyl sites for hydroxylation is 1. The number of nitrogens with one attached hydrogen (secondary N) is 1. The molecule has 1 unspecified atom stereocenters. The molecule has 2 rings (SSSR count). The quantitative estimate of drug-likeness (QED) is 0.853. The normalized spacial score (nSPS) is 13.1. The van der Waals surface area contributed by atoms with E-state index in [1.807, 2.05) is 43.5 Å². The van der Waals surface area contributed by atoms with Crippen molar-refractivity contribution in [2.24, 2.45) is 0 Å². The van der Waals surface area contributed by atoms with Crippen molar-refractivity contribution in [3.05, 3.63) is 59.7 Å². The summed E-state index contributed by atoms with van der Waals surface area (Å²) in [5, 5.41) is 0. The Morgan fingerprint density at radius 1 is 1.05 bits per heavy atom. The van der Waals surface area contributed by atoms with Crippen molar-refractivity contribution >= 4 is 21.8 Å². The van der Waals surface area contributed by atoms with Gasteiger partial charge in [0.1, 0.15) is 0 Å². The van der Waals surface area contributed by atoms with E-state index in [1.54, 1.807) is 36.9 Å². The molecular formula is C16H19NO2S2. The standard InChI is InChI=1S/C16H19NO2S2/c1-12-6-4-5-7-16(12)21(18,19)17-13(2)14-8-10-15(20-3)11-9-14/h4-11,13,17H,1-3H3. The van der Waals surface area contributed by atoms with Crippen molar-refractivity contribution in [2.75, 3.05) is 6.26 Å². The van der Waals surface area contributed by atoms with Crippen LogP contribution in [0.25, 0.3) is 0 Å². The van der Waals surface area contributed by atoms with Crippen LogP contribution in [0.4, 0.5) is 0 Å². The van der Waals surface area contributed by atoms with E-state index in [0.29, 0.717) is 4.90 Å². The van der Waals surface area contributed by atoms with Crippen molar-refractivity contribution in [1.82, 2.24) is 4.72 Å². The van der Waals surface area contributed by atoms with Gasteiger partial charge in [-0.05, 0) is 49.4 Å². The van der Waals surface area contributed by atoms with Gasteiger partial charge in [0.05, 0.1) is 4.90 Å². The van der Waals surface area contributed by atoms with Gasteiger partial charge in [-0.15, -0.1) is 11.8 Å². The first-order valence-corrected chi connectivity index (χ1v) is 9.37. The molecule has 21 heavy (non-hydrogen) atoms. The van der Waals surface area contributed by atoms with E-state index >= 15 is 0 Å². The highest BCUT2D eigenvalue weighted by Crippen LogP contribution is 2.21. The topological polar surface area (TPSA) is 46.2 Å². The minimum Gasteiger partial charge on any atom is -0.207 e. The molecule has 0 spiro atoms. The molecule has 0 amide bonds. The van der Waals surface area contributed by atoms with E-state index < -0.39 is 10.0 Å². The Labute approximate surface area is 130 Å². The van der Waals surface area contributed by atoms with E-state index in [-0.39, 0.29) is 6.04 Å². The predicted octanol–water partition coefficient (Wildman–Crippen LogP) is 3.76. The van der Waals surface area contributed by atoms with Gasteiger partial charge in [0.2, 0.25) is 10.0 Å². The molecule has 0 fully saturated rings. The maximum absolute atomic E-state index is 12.4. The summed E-state index contributed by atoms with van der Waals surface area (Å²) in [5.41, 5.74) is 1.69. The zero-order chi connectivity index (χ0) is 15.5. The Bertz CT molecular complexity index is 709. The number of thioether (sulfide) groups is 1. The van der Waals surface area contributed by atoms with Crippen LogP contribution in [0, 0.1) is 6.92 Å². The number of hydrogen-bond donors (Lipinski definition) is 1. The number of sulfonamides is 1. The molecule has 0 radical (unpaired) electrons. The summed E-state index contributed by atoms with van der Waals surface area (Å²) in [7, 11) is -3.51. The van der Waals surface area contributed by atoms with Gasteiger partial charge in [0, 0.05) is 10.9 Å². The van der Waals surface area contributed by atoms with E-state index in [0.717, 1.165) is 16.0 Å². The molecule has 1 atom stereocenters. The van der Waals surface area contributed by atoms with Gasteiger partial charge in [-0.25, -0.2) is 13.1 Å². The van der Waals surface area contributed by atoms with Crippen LogP contribution in [-0.4, -0.2) is 14.7 Å². The zero-order valence-electron chi connectivity index (χ0n) is 12.3. The fourth-order valence-electron chi connectivity index (χ4n) is 2.11. The van der Waals surface area contributed by atoms with Crippen LogP contribution < -0.4 is 4.72 Å². The largest absolute Gasteiger partial charge is 0.241 e. The lowest BCUT2D eigenvalue weighted by Crippen LogP contribution is -2.27. The molecule has 0 aromatic heterocycles. The second kappa shape index (κ2) is 6.64. The first-order chi connectivity index (χ1) is 9.94. The molecule has 1 N–H and O–H groups in total. The van der Waals surface area contributed by atoms with Crippen LogP contribution in [0.1, 0.15) is 24.1 Å².